The van der Waals surface area contributed by atoms with Crippen molar-refractivity contribution in [2.45, 2.75) is 0 Å². The van der Waals surface area contributed by atoms with Crippen molar-refractivity contribution in [3.8, 4) is 17.1 Å². The zero-order chi connectivity index (χ0) is 20.2. The summed E-state index contributed by atoms with van der Waals surface area (Å²) in [6, 6.07) is 22.0. The highest BCUT2D eigenvalue weighted by Gasteiger charge is 2.21. The fourth-order valence-electron chi connectivity index (χ4n) is 2.65. The number of hydrogen-bond donors (Lipinski definition) is 0. The molecule has 2 heterocycles. The van der Waals surface area contributed by atoms with Crippen LogP contribution in [0.5, 0.6) is 0 Å². The normalized spacial score (nSPS) is 10.7. The van der Waals surface area contributed by atoms with Crippen molar-refractivity contribution in [2.24, 2.45) is 0 Å². The van der Waals surface area contributed by atoms with E-state index in [4.69, 9.17) is 16.3 Å². The van der Waals surface area contributed by atoms with Crippen LogP contribution in [-0.4, -0.2) is 33.1 Å². The van der Waals surface area contributed by atoms with E-state index in [0.717, 1.165) is 22.6 Å². The van der Waals surface area contributed by atoms with Crippen molar-refractivity contribution in [2.75, 3.05) is 6.61 Å². The highest BCUT2D eigenvalue weighted by molar-refractivity contribution is 7.18. The number of halogens is 1. The Labute approximate surface area is 175 Å². The molecule has 2 aromatic carbocycles. The van der Waals surface area contributed by atoms with Crippen molar-refractivity contribution in [3.63, 3.8) is 0 Å². The summed E-state index contributed by atoms with van der Waals surface area (Å²) < 4.78 is 7.20. The molecule has 0 N–H and O–H groups in total. The number of carbonyl (C=O) groups excluding carboxylic acids is 2. The van der Waals surface area contributed by atoms with Crippen molar-refractivity contribution >= 4 is 34.7 Å². The SMILES string of the molecule is O=C(OCC(=O)c1ccc(Cl)s1)c1nc(-c2ccccc2)n(-c2ccccc2)n1. The van der Waals surface area contributed by atoms with E-state index < -0.39 is 12.6 Å². The largest absolute Gasteiger partial charge is 0.451 e. The topological polar surface area (TPSA) is 74.1 Å². The molecular formula is C21H14ClN3O3S. The number of aromatic nitrogens is 3. The molecule has 4 aromatic rings. The fourth-order valence-corrected chi connectivity index (χ4v) is 3.62. The summed E-state index contributed by atoms with van der Waals surface area (Å²) in [6.07, 6.45) is 0. The van der Waals surface area contributed by atoms with E-state index in [1.807, 2.05) is 60.7 Å². The number of Topliss-reactive ketones (excluding diaryl/α,β-unsaturated/α-hetero) is 1. The average molecular weight is 424 g/mol. The van der Waals surface area contributed by atoms with Crippen LogP contribution in [0.2, 0.25) is 4.34 Å². The van der Waals surface area contributed by atoms with Gasteiger partial charge in [0.2, 0.25) is 5.78 Å². The number of nitrogens with zero attached hydrogens (tertiary/aromatic N) is 3. The van der Waals surface area contributed by atoms with Crippen LogP contribution in [0.4, 0.5) is 0 Å². The van der Waals surface area contributed by atoms with Crippen molar-refractivity contribution in [3.05, 3.63) is 87.8 Å². The number of para-hydroxylation sites is 1. The molecule has 0 spiro atoms. The van der Waals surface area contributed by atoms with Crippen LogP contribution in [-0.2, 0) is 4.74 Å². The van der Waals surface area contributed by atoms with Crippen LogP contribution < -0.4 is 0 Å². The number of rotatable bonds is 6. The third-order valence-electron chi connectivity index (χ3n) is 4.00. The highest BCUT2D eigenvalue weighted by atomic mass is 35.5. The first-order valence-electron chi connectivity index (χ1n) is 8.65. The van der Waals surface area contributed by atoms with Gasteiger partial charge in [-0.15, -0.1) is 16.4 Å². The van der Waals surface area contributed by atoms with Gasteiger partial charge in [-0.2, -0.15) is 0 Å². The molecule has 8 heteroatoms. The quantitative estimate of drug-likeness (QED) is 0.332. The molecule has 4 rings (SSSR count). The van der Waals surface area contributed by atoms with Gasteiger partial charge in [0.1, 0.15) is 0 Å². The molecule has 0 saturated heterocycles. The third-order valence-corrected chi connectivity index (χ3v) is 5.28. The van der Waals surface area contributed by atoms with Gasteiger partial charge in [-0.05, 0) is 24.3 Å². The van der Waals surface area contributed by atoms with E-state index in [0.29, 0.717) is 15.0 Å². The molecule has 6 nitrogen and oxygen atoms in total. The lowest BCUT2D eigenvalue weighted by molar-refractivity contribution is 0.0464. The molecule has 0 aliphatic rings. The Balaban J connectivity index is 1.60. The Kier molecular flexibility index (Phi) is 5.50. The average Bonchev–Trinajstić information content (AvgIpc) is 3.40. The van der Waals surface area contributed by atoms with Crippen LogP contribution in [0.3, 0.4) is 0 Å². The lowest BCUT2D eigenvalue weighted by Gasteiger charge is -2.05. The lowest BCUT2D eigenvalue weighted by Crippen LogP contribution is -2.14. The monoisotopic (exact) mass is 423 g/mol. The maximum Gasteiger partial charge on any atom is 0.378 e. The maximum atomic E-state index is 12.5. The maximum absolute atomic E-state index is 12.5. The number of benzene rings is 2. The minimum Gasteiger partial charge on any atom is -0.451 e. The van der Waals surface area contributed by atoms with Gasteiger partial charge in [0, 0.05) is 5.56 Å². The molecular weight excluding hydrogens is 410 g/mol. The van der Waals surface area contributed by atoms with E-state index in [1.54, 1.807) is 16.8 Å². The Bertz CT molecular complexity index is 1100. The molecule has 0 bridgehead atoms. The Morgan fingerprint density at radius 3 is 2.31 bits per heavy atom. The molecule has 29 heavy (non-hydrogen) atoms. The third kappa shape index (κ3) is 4.26. The summed E-state index contributed by atoms with van der Waals surface area (Å²) in [7, 11) is 0. The van der Waals surface area contributed by atoms with Crippen LogP contribution in [0.1, 0.15) is 20.3 Å². The summed E-state index contributed by atoms with van der Waals surface area (Å²) in [6.45, 7) is -0.407. The second kappa shape index (κ2) is 8.38. The first-order chi connectivity index (χ1) is 14.1. The zero-order valence-electron chi connectivity index (χ0n) is 15.0. The van der Waals surface area contributed by atoms with Crippen LogP contribution >= 0.6 is 22.9 Å². The van der Waals surface area contributed by atoms with Crippen LogP contribution in [0, 0.1) is 0 Å². The van der Waals surface area contributed by atoms with E-state index >= 15 is 0 Å². The highest BCUT2D eigenvalue weighted by Crippen LogP contribution is 2.23. The molecule has 0 atom stereocenters. The summed E-state index contributed by atoms with van der Waals surface area (Å²) in [5.74, 6) is -0.723. The van der Waals surface area contributed by atoms with Crippen molar-refractivity contribution < 1.29 is 14.3 Å². The van der Waals surface area contributed by atoms with Gasteiger partial charge in [-0.1, -0.05) is 60.1 Å². The van der Waals surface area contributed by atoms with Gasteiger partial charge in [0.15, 0.2) is 12.4 Å². The Morgan fingerprint density at radius 1 is 0.966 bits per heavy atom. The number of thiophene rings is 1. The molecule has 2 aromatic heterocycles. The van der Waals surface area contributed by atoms with E-state index in [2.05, 4.69) is 10.1 Å². The minimum atomic E-state index is -0.770. The number of hydrogen-bond acceptors (Lipinski definition) is 6. The molecule has 0 amide bonds. The molecule has 0 saturated carbocycles. The van der Waals surface area contributed by atoms with Crippen molar-refractivity contribution in [1.29, 1.82) is 0 Å². The van der Waals surface area contributed by atoms with Gasteiger partial charge in [-0.3, -0.25) is 4.79 Å². The number of esters is 1. The molecule has 0 fully saturated rings. The van der Waals surface area contributed by atoms with Gasteiger partial charge in [-0.25, -0.2) is 14.5 Å². The van der Waals surface area contributed by atoms with Gasteiger partial charge >= 0.3 is 5.97 Å². The molecule has 0 aliphatic heterocycles. The van der Waals surface area contributed by atoms with Crippen molar-refractivity contribution in [1.82, 2.24) is 14.8 Å². The number of ketones is 1. The molecule has 0 unspecified atom stereocenters. The lowest BCUT2D eigenvalue weighted by atomic mass is 10.2. The molecule has 144 valence electrons. The summed E-state index contributed by atoms with van der Waals surface area (Å²) in [5.41, 5.74) is 1.55. The second-order valence-electron chi connectivity index (χ2n) is 5.98. The zero-order valence-corrected chi connectivity index (χ0v) is 16.6. The minimum absolute atomic E-state index is 0.121. The molecule has 0 radical (unpaired) electrons. The second-order valence-corrected chi connectivity index (χ2v) is 7.69. The Morgan fingerprint density at radius 2 is 1.66 bits per heavy atom. The standard InChI is InChI=1S/C21H14ClN3O3S/c22-18-12-11-17(29-18)16(26)13-28-21(27)19-23-20(14-7-3-1-4-8-14)25(24-19)15-9-5-2-6-10-15/h1-12H,13H2. The fraction of sp³-hybridized carbons (Fsp3) is 0.0476. The molecule has 0 aliphatic carbocycles. The first kappa shape index (κ1) is 19.0. The van der Waals surface area contributed by atoms with Gasteiger partial charge in [0.25, 0.3) is 5.82 Å². The van der Waals surface area contributed by atoms with Crippen LogP contribution in [0.25, 0.3) is 17.1 Å². The Hall–Kier alpha value is -3.29. The predicted molar refractivity (Wildman–Crippen MR) is 111 cm³/mol. The first-order valence-corrected chi connectivity index (χ1v) is 9.85. The summed E-state index contributed by atoms with van der Waals surface area (Å²) in [4.78, 5) is 29.4. The van der Waals surface area contributed by atoms with Crippen LogP contribution in [0.15, 0.2) is 72.8 Å². The predicted octanol–water partition coefficient (Wildman–Crippen LogP) is 4.69. The van der Waals surface area contributed by atoms with E-state index in [1.165, 1.54) is 0 Å². The summed E-state index contributed by atoms with van der Waals surface area (Å²) in [5, 5.41) is 4.31. The number of ether oxygens (including phenoxy) is 1. The van der Waals surface area contributed by atoms with E-state index in [9.17, 15) is 9.59 Å². The number of carbonyl (C=O) groups is 2. The van der Waals surface area contributed by atoms with Gasteiger partial charge in [0.05, 0.1) is 14.9 Å². The summed E-state index contributed by atoms with van der Waals surface area (Å²) >= 11 is 6.97. The smallest absolute Gasteiger partial charge is 0.378 e. The van der Waals surface area contributed by atoms with E-state index in [-0.39, 0.29) is 11.6 Å². The van der Waals surface area contributed by atoms with Gasteiger partial charge < -0.3 is 4.74 Å².